The summed E-state index contributed by atoms with van der Waals surface area (Å²) in [4.78, 5) is 21.7. The smallest absolute Gasteiger partial charge is 0.265 e. The van der Waals surface area contributed by atoms with Gasteiger partial charge >= 0.3 is 0 Å². The highest BCUT2D eigenvalue weighted by molar-refractivity contribution is 7.12. The molecule has 0 aliphatic carbocycles. The Bertz CT molecular complexity index is 1360. The van der Waals surface area contributed by atoms with Crippen molar-refractivity contribution >= 4 is 28.6 Å². The molecule has 0 bridgehead atoms. The van der Waals surface area contributed by atoms with E-state index in [9.17, 15) is 9.18 Å². The molecule has 146 valence electrons. The van der Waals surface area contributed by atoms with Gasteiger partial charge in [0.1, 0.15) is 5.82 Å². The number of fused-ring (bicyclic) bond motifs is 1. The van der Waals surface area contributed by atoms with Crippen LogP contribution in [0.2, 0.25) is 0 Å². The van der Waals surface area contributed by atoms with E-state index >= 15 is 0 Å². The Labute approximate surface area is 174 Å². The molecular formula is C22H14FN5OS. The molecule has 4 heterocycles. The van der Waals surface area contributed by atoms with E-state index in [0.29, 0.717) is 10.5 Å². The maximum Gasteiger partial charge on any atom is 0.265 e. The van der Waals surface area contributed by atoms with E-state index in [4.69, 9.17) is 0 Å². The van der Waals surface area contributed by atoms with Gasteiger partial charge in [-0.1, -0.05) is 18.2 Å². The molecule has 1 aromatic carbocycles. The SMILES string of the molecule is O=C(Nc1ccccc1F)c1cc(-c2cnn3cc(-c4cccnc4)cnc23)cs1. The molecule has 0 aliphatic heterocycles. The van der Waals surface area contributed by atoms with Crippen LogP contribution in [-0.2, 0) is 0 Å². The summed E-state index contributed by atoms with van der Waals surface area (Å²) >= 11 is 1.28. The van der Waals surface area contributed by atoms with Gasteiger partial charge in [-0.15, -0.1) is 11.3 Å². The second-order valence-corrected chi connectivity index (χ2v) is 7.46. The number of halogens is 1. The fourth-order valence-corrected chi connectivity index (χ4v) is 3.91. The van der Waals surface area contributed by atoms with Crippen molar-refractivity contribution in [1.29, 1.82) is 0 Å². The average Bonchev–Trinajstić information content (AvgIpc) is 3.42. The van der Waals surface area contributed by atoms with E-state index in [2.05, 4.69) is 20.4 Å². The molecule has 0 saturated heterocycles. The third kappa shape index (κ3) is 3.33. The quantitative estimate of drug-likeness (QED) is 0.453. The van der Waals surface area contributed by atoms with Crippen LogP contribution in [0.15, 0.2) is 78.8 Å². The van der Waals surface area contributed by atoms with Crippen molar-refractivity contribution in [3.63, 3.8) is 0 Å². The molecule has 0 atom stereocenters. The first-order chi connectivity index (χ1) is 14.7. The maximum absolute atomic E-state index is 13.8. The van der Waals surface area contributed by atoms with E-state index in [1.807, 2.05) is 23.7 Å². The van der Waals surface area contributed by atoms with Crippen LogP contribution in [0.25, 0.3) is 27.9 Å². The predicted octanol–water partition coefficient (Wildman–Crippen LogP) is 4.91. The molecular weight excluding hydrogens is 401 g/mol. The zero-order chi connectivity index (χ0) is 20.5. The van der Waals surface area contributed by atoms with Crippen LogP contribution in [0.5, 0.6) is 0 Å². The topological polar surface area (TPSA) is 72.2 Å². The fourth-order valence-electron chi connectivity index (χ4n) is 3.10. The summed E-state index contributed by atoms with van der Waals surface area (Å²) in [7, 11) is 0. The Morgan fingerprint density at radius 1 is 1.03 bits per heavy atom. The number of carbonyl (C=O) groups excluding carboxylic acids is 1. The van der Waals surface area contributed by atoms with Crippen molar-refractivity contribution in [2.75, 3.05) is 5.32 Å². The minimum absolute atomic E-state index is 0.151. The van der Waals surface area contributed by atoms with Crippen LogP contribution < -0.4 is 5.32 Å². The number of carbonyl (C=O) groups is 1. The molecule has 1 amide bonds. The normalized spacial score (nSPS) is 11.0. The minimum Gasteiger partial charge on any atom is -0.319 e. The van der Waals surface area contributed by atoms with Crippen LogP contribution >= 0.6 is 11.3 Å². The van der Waals surface area contributed by atoms with Crippen molar-refractivity contribution in [2.45, 2.75) is 0 Å². The molecule has 6 nitrogen and oxygen atoms in total. The fraction of sp³-hybridized carbons (Fsp3) is 0. The number of aromatic nitrogens is 4. The Balaban J connectivity index is 1.43. The number of nitrogens with one attached hydrogen (secondary N) is 1. The summed E-state index contributed by atoms with van der Waals surface area (Å²) in [5.74, 6) is -0.835. The summed E-state index contributed by atoms with van der Waals surface area (Å²) in [6.45, 7) is 0. The van der Waals surface area contributed by atoms with Crippen LogP contribution in [0.4, 0.5) is 10.1 Å². The van der Waals surface area contributed by atoms with Gasteiger partial charge in [-0.3, -0.25) is 9.78 Å². The Kier molecular flexibility index (Phi) is 4.53. The molecule has 1 N–H and O–H groups in total. The van der Waals surface area contributed by atoms with Crippen molar-refractivity contribution in [1.82, 2.24) is 19.6 Å². The van der Waals surface area contributed by atoms with Crippen molar-refractivity contribution in [3.05, 3.63) is 89.5 Å². The summed E-state index contributed by atoms with van der Waals surface area (Å²) < 4.78 is 15.5. The van der Waals surface area contributed by atoms with Crippen molar-refractivity contribution < 1.29 is 9.18 Å². The summed E-state index contributed by atoms with van der Waals surface area (Å²) in [5.41, 5.74) is 4.33. The second kappa shape index (κ2) is 7.49. The van der Waals surface area contributed by atoms with E-state index in [1.54, 1.807) is 47.5 Å². The number of benzene rings is 1. The van der Waals surface area contributed by atoms with Crippen LogP contribution in [0, 0.1) is 5.82 Å². The number of nitrogens with zero attached hydrogens (tertiary/aromatic N) is 4. The van der Waals surface area contributed by atoms with E-state index in [1.165, 1.54) is 23.5 Å². The minimum atomic E-state index is -0.473. The van der Waals surface area contributed by atoms with Gasteiger partial charge in [-0.2, -0.15) is 5.10 Å². The van der Waals surface area contributed by atoms with Crippen LogP contribution in [0.1, 0.15) is 9.67 Å². The highest BCUT2D eigenvalue weighted by atomic mass is 32.1. The average molecular weight is 415 g/mol. The standard InChI is InChI=1S/C22H14FN5OS/c23-18-5-1-2-6-19(18)27-22(29)20-8-15(13-30-20)17-11-26-28-12-16(10-25-21(17)28)14-4-3-7-24-9-14/h1-13H,(H,27,29). The number of pyridine rings is 1. The summed E-state index contributed by atoms with van der Waals surface area (Å²) in [6.07, 6.45) is 8.87. The third-order valence-corrected chi connectivity index (χ3v) is 5.54. The summed E-state index contributed by atoms with van der Waals surface area (Å²) in [5, 5.41) is 8.87. The first-order valence-corrected chi connectivity index (χ1v) is 9.95. The number of thiophene rings is 1. The van der Waals surface area contributed by atoms with Gasteiger partial charge in [0.15, 0.2) is 5.65 Å². The van der Waals surface area contributed by atoms with Gasteiger partial charge in [0.2, 0.25) is 0 Å². The molecule has 5 rings (SSSR count). The molecule has 0 saturated carbocycles. The molecule has 4 aromatic heterocycles. The first kappa shape index (κ1) is 18.1. The monoisotopic (exact) mass is 415 g/mol. The van der Waals surface area contributed by atoms with E-state index in [0.717, 1.165) is 22.3 Å². The van der Waals surface area contributed by atoms with Gasteiger partial charge in [0, 0.05) is 41.5 Å². The molecule has 0 unspecified atom stereocenters. The highest BCUT2D eigenvalue weighted by Gasteiger charge is 2.15. The van der Waals surface area contributed by atoms with Crippen molar-refractivity contribution in [2.24, 2.45) is 0 Å². The zero-order valence-electron chi connectivity index (χ0n) is 15.5. The molecule has 0 spiro atoms. The van der Waals surface area contributed by atoms with Gasteiger partial charge in [0.05, 0.1) is 16.8 Å². The molecule has 30 heavy (non-hydrogen) atoms. The van der Waals surface area contributed by atoms with E-state index < -0.39 is 5.82 Å². The van der Waals surface area contributed by atoms with Gasteiger partial charge < -0.3 is 5.32 Å². The molecule has 0 fully saturated rings. The van der Waals surface area contributed by atoms with Gasteiger partial charge in [-0.25, -0.2) is 13.9 Å². The number of para-hydroxylation sites is 1. The number of hydrogen-bond donors (Lipinski definition) is 1. The largest absolute Gasteiger partial charge is 0.319 e. The van der Waals surface area contributed by atoms with Crippen LogP contribution in [0.3, 0.4) is 0 Å². The Morgan fingerprint density at radius 2 is 1.93 bits per heavy atom. The number of anilines is 1. The highest BCUT2D eigenvalue weighted by Crippen LogP contribution is 2.30. The molecule has 0 aliphatic rings. The summed E-state index contributed by atoms with van der Waals surface area (Å²) in [6, 6.07) is 11.7. The lowest BCUT2D eigenvalue weighted by Gasteiger charge is -2.04. The molecule has 0 radical (unpaired) electrons. The van der Waals surface area contributed by atoms with Gasteiger partial charge in [0.25, 0.3) is 5.91 Å². The lowest BCUT2D eigenvalue weighted by Crippen LogP contribution is -2.11. The third-order valence-electron chi connectivity index (χ3n) is 4.61. The van der Waals surface area contributed by atoms with Gasteiger partial charge in [-0.05, 0) is 35.2 Å². The number of amides is 1. The molecule has 8 heteroatoms. The zero-order valence-corrected chi connectivity index (χ0v) is 16.3. The Hall–Kier alpha value is -3.91. The second-order valence-electron chi connectivity index (χ2n) is 6.54. The maximum atomic E-state index is 13.8. The Morgan fingerprint density at radius 3 is 2.77 bits per heavy atom. The lowest BCUT2D eigenvalue weighted by molar-refractivity contribution is 0.103. The van der Waals surface area contributed by atoms with Crippen LogP contribution in [-0.4, -0.2) is 25.5 Å². The molecule has 5 aromatic rings. The lowest BCUT2D eigenvalue weighted by atomic mass is 10.1. The predicted molar refractivity (Wildman–Crippen MR) is 114 cm³/mol. The first-order valence-electron chi connectivity index (χ1n) is 9.07. The van der Waals surface area contributed by atoms with Crippen molar-refractivity contribution in [3.8, 4) is 22.3 Å². The number of rotatable bonds is 4. The van der Waals surface area contributed by atoms with E-state index in [-0.39, 0.29) is 11.6 Å². The number of hydrogen-bond acceptors (Lipinski definition) is 5.